The van der Waals surface area contributed by atoms with Crippen molar-refractivity contribution in [2.45, 2.75) is 38.5 Å². The van der Waals surface area contributed by atoms with E-state index < -0.39 is 5.97 Å². The Kier molecular flexibility index (Phi) is 2.31. The second kappa shape index (κ2) is 3.35. The van der Waals surface area contributed by atoms with Gasteiger partial charge in [-0.3, -0.25) is 4.79 Å². The molecule has 0 amide bonds. The molecule has 1 aromatic heterocycles. The highest BCUT2D eigenvalue weighted by Crippen LogP contribution is 2.39. The average Bonchev–Trinajstić information content (AvgIpc) is 2.58. The van der Waals surface area contributed by atoms with Crippen LogP contribution in [0.4, 0.5) is 0 Å². The van der Waals surface area contributed by atoms with E-state index in [0.29, 0.717) is 5.92 Å². The fourth-order valence-corrected chi connectivity index (χ4v) is 2.97. The van der Waals surface area contributed by atoms with E-state index in [0.717, 1.165) is 28.4 Å². The van der Waals surface area contributed by atoms with Crippen molar-refractivity contribution in [3.8, 4) is 0 Å². The van der Waals surface area contributed by atoms with Crippen LogP contribution in [0.15, 0.2) is 0 Å². The minimum Gasteiger partial charge on any atom is -0.481 e. The molecule has 1 atom stereocenters. The summed E-state index contributed by atoms with van der Waals surface area (Å²) in [5.74, 6) is -0.599. The molecular formula is C10H13NO2S. The van der Waals surface area contributed by atoms with Crippen molar-refractivity contribution in [3.05, 3.63) is 15.6 Å². The summed E-state index contributed by atoms with van der Waals surface area (Å²) in [6.07, 6.45) is 1.55. The van der Waals surface area contributed by atoms with Crippen LogP contribution in [0.2, 0.25) is 0 Å². The molecule has 4 heteroatoms. The molecule has 2 rings (SSSR count). The number of hydrogen-bond donors (Lipinski definition) is 1. The van der Waals surface area contributed by atoms with Crippen LogP contribution in [0.25, 0.3) is 0 Å². The molecule has 1 aliphatic carbocycles. The van der Waals surface area contributed by atoms with Crippen molar-refractivity contribution in [1.82, 2.24) is 4.98 Å². The molecule has 0 saturated heterocycles. The number of aliphatic carboxylic acids is 1. The lowest BCUT2D eigenvalue weighted by Crippen LogP contribution is -2.06. The van der Waals surface area contributed by atoms with Gasteiger partial charge < -0.3 is 5.11 Å². The molecule has 1 aliphatic rings. The lowest BCUT2D eigenvalue weighted by atomic mass is 10.1. The first-order chi connectivity index (χ1) is 6.59. The van der Waals surface area contributed by atoms with E-state index in [4.69, 9.17) is 5.11 Å². The van der Waals surface area contributed by atoms with Gasteiger partial charge in [-0.1, -0.05) is 13.8 Å². The van der Waals surface area contributed by atoms with Crippen LogP contribution in [-0.2, 0) is 11.2 Å². The number of fused-ring (bicyclic) bond motifs is 1. The third-order valence-corrected chi connectivity index (χ3v) is 4.03. The van der Waals surface area contributed by atoms with E-state index in [9.17, 15) is 4.79 Å². The lowest BCUT2D eigenvalue weighted by molar-refractivity contribution is -0.138. The van der Waals surface area contributed by atoms with E-state index in [-0.39, 0.29) is 5.92 Å². The predicted molar refractivity (Wildman–Crippen MR) is 54.9 cm³/mol. The average molecular weight is 211 g/mol. The predicted octanol–water partition coefficient (Wildman–Crippen LogP) is 2.38. The van der Waals surface area contributed by atoms with Crippen LogP contribution in [-0.4, -0.2) is 16.1 Å². The molecule has 0 spiro atoms. The third-order valence-electron chi connectivity index (χ3n) is 2.52. The van der Waals surface area contributed by atoms with Crippen molar-refractivity contribution in [2.75, 3.05) is 0 Å². The maximum atomic E-state index is 10.9. The molecule has 0 fully saturated rings. The Labute approximate surface area is 86.8 Å². The monoisotopic (exact) mass is 211 g/mol. The zero-order valence-corrected chi connectivity index (χ0v) is 9.10. The molecule has 1 N–H and O–H groups in total. The Morgan fingerprint density at radius 2 is 2.36 bits per heavy atom. The molecule has 14 heavy (non-hydrogen) atoms. The van der Waals surface area contributed by atoms with E-state index in [2.05, 4.69) is 18.8 Å². The largest absolute Gasteiger partial charge is 0.481 e. The first-order valence-corrected chi connectivity index (χ1v) is 5.63. The standard InChI is InChI=1S/C10H13NO2S/c1-5(2)9-11-7-4-3-6(10(12)13)8(7)14-9/h5-6H,3-4H2,1-2H3,(H,12,13). The van der Waals surface area contributed by atoms with Crippen LogP contribution in [0.1, 0.15) is 47.7 Å². The van der Waals surface area contributed by atoms with Gasteiger partial charge in [0.2, 0.25) is 0 Å². The summed E-state index contributed by atoms with van der Waals surface area (Å²) in [5.41, 5.74) is 1.02. The van der Waals surface area contributed by atoms with Gasteiger partial charge >= 0.3 is 5.97 Å². The highest BCUT2D eigenvalue weighted by atomic mass is 32.1. The summed E-state index contributed by atoms with van der Waals surface area (Å²) in [6.45, 7) is 4.17. The summed E-state index contributed by atoms with van der Waals surface area (Å²) in [6, 6.07) is 0. The second-order valence-corrected chi connectivity index (χ2v) is 5.01. The number of hydrogen-bond acceptors (Lipinski definition) is 3. The number of thiazole rings is 1. The van der Waals surface area contributed by atoms with Gasteiger partial charge in [0.1, 0.15) is 0 Å². The summed E-state index contributed by atoms with van der Waals surface area (Å²) >= 11 is 1.57. The van der Waals surface area contributed by atoms with Crippen molar-refractivity contribution in [1.29, 1.82) is 0 Å². The molecule has 0 aliphatic heterocycles. The SMILES string of the molecule is CC(C)c1nc2c(s1)C(C(=O)O)CC2. The first-order valence-electron chi connectivity index (χ1n) is 4.82. The van der Waals surface area contributed by atoms with E-state index in [1.807, 2.05) is 0 Å². The quantitative estimate of drug-likeness (QED) is 0.817. The van der Waals surface area contributed by atoms with Gasteiger partial charge in [0.25, 0.3) is 0 Å². The fraction of sp³-hybridized carbons (Fsp3) is 0.600. The highest BCUT2D eigenvalue weighted by Gasteiger charge is 2.32. The molecule has 76 valence electrons. The number of aromatic nitrogens is 1. The van der Waals surface area contributed by atoms with Crippen LogP contribution in [0.3, 0.4) is 0 Å². The van der Waals surface area contributed by atoms with Gasteiger partial charge in [-0.2, -0.15) is 0 Å². The molecule has 1 aromatic rings. The Morgan fingerprint density at radius 1 is 1.64 bits per heavy atom. The zero-order valence-electron chi connectivity index (χ0n) is 8.28. The van der Waals surface area contributed by atoms with Crippen molar-refractivity contribution in [2.24, 2.45) is 0 Å². The van der Waals surface area contributed by atoms with Crippen LogP contribution < -0.4 is 0 Å². The van der Waals surface area contributed by atoms with Gasteiger partial charge in [-0.05, 0) is 12.8 Å². The summed E-state index contributed by atoms with van der Waals surface area (Å²) in [7, 11) is 0. The molecule has 0 saturated carbocycles. The Morgan fingerprint density at radius 3 is 2.93 bits per heavy atom. The Balaban J connectivity index is 2.35. The van der Waals surface area contributed by atoms with Gasteiger partial charge in [0.15, 0.2) is 0 Å². The maximum absolute atomic E-state index is 10.9. The van der Waals surface area contributed by atoms with E-state index in [1.165, 1.54) is 0 Å². The lowest BCUT2D eigenvalue weighted by Gasteiger charge is -2.02. The number of carboxylic acids is 1. The van der Waals surface area contributed by atoms with Crippen LogP contribution in [0, 0.1) is 0 Å². The topological polar surface area (TPSA) is 50.2 Å². The smallest absolute Gasteiger partial charge is 0.311 e. The number of carbonyl (C=O) groups is 1. The molecule has 0 radical (unpaired) electrons. The number of rotatable bonds is 2. The van der Waals surface area contributed by atoms with Crippen molar-refractivity contribution >= 4 is 17.3 Å². The summed E-state index contributed by atoms with van der Waals surface area (Å²) in [4.78, 5) is 16.4. The van der Waals surface area contributed by atoms with Crippen LogP contribution >= 0.6 is 11.3 Å². The molecule has 3 nitrogen and oxygen atoms in total. The molecular weight excluding hydrogens is 198 g/mol. The zero-order chi connectivity index (χ0) is 10.3. The van der Waals surface area contributed by atoms with E-state index >= 15 is 0 Å². The van der Waals surface area contributed by atoms with Gasteiger partial charge in [0.05, 0.1) is 16.6 Å². The minimum absolute atomic E-state index is 0.296. The fourth-order valence-electron chi connectivity index (χ4n) is 1.73. The Bertz CT molecular complexity index is 370. The molecule has 1 heterocycles. The van der Waals surface area contributed by atoms with Crippen LogP contribution in [0.5, 0.6) is 0 Å². The highest BCUT2D eigenvalue weighted by molar-refractivity contribution is 7.12. The van der Waals surface area contributed by atoms with Gasteiger partial charge in [0, 0.05) is 10.8 Å². The number of nitrogens with zero attached hydrogens (tertiary/aromatic N) is 1. The Hall–Kier alpha value is -0.900. The first kappa shape index (κ1) is 9.65. The molecule has 1 unspecified atom stereocenters. The third kappa shape index (κ3) is 1.43. The van der Waals surface area contributed by atoms with Gasteiger partial charge in [-0.15, -0.1) is 11.3 Å². The van der Waals surface area contributed by atoms with E-state index in [1.54, 1.807) is 11.3 Å². The van der Waals surface area contributed by atoms with Crippen molar-refractivity contribution in [3.63, 3.8) is 0 Å². The number of aryl methyl sites for hydroxylation is 1. The summed E-state index contributed by atoms with van der Waals surface area (Å²) < 4.78 is 0. The maximum Gasteiger partial charge on any atom is 0.311 e. The summed E-state index contributed by atoms with van der Waals surface area (Å²) in [5, 5.41) is 10.1. The van der Waals surface area contributed by atoms with Crippen molar-refractivity contribution < 1.29 is 9.90 Å². The second-order valence-electron chi connectivity index (χ2n) is 3.95. The minimum atomic E-state index is -0.706. The molecule has 0 bridgehead atoms. The normalized spacial score (nSPS) is 20.1. The van der Waals surface area contributed by atoms with Gasteiger partial charge in [-0.25, -0.2) is 4.98 Å². The number of carboxylic acid groups (broad SMARTS) is 1. The molecule has 0 aromatic carbocycles.